The van der Waals surface area contributed by atoms with Crippen LogP contribution in [-0.2, 0) is 11.2 Å². The van der Waals surface area contributed by atoms with Crippen molar-refractivity contribution in [3.63, 3.8) is 0 Å². The van der Waals surface area contributed by atoms with Crippen LogP contribution in [0, 0.1) is 6.26 Å². The first kappa shape index (κ1) is 8.45. The molecule has 0 saturated heterocycles. The lowest BCUT2D eigenvalue weighted by Gasteiger charge is -2.07. The van der Waals surface area contributed by atoms with E-state index in [1.807, 2.05) is 23.6 Å². The third-order valence-electron chi connectivity index (χ3n) is 1.73. The molecule has 0 spiro atoms. The molecule has 0 N–H and O–H groups in total. The Balaban J connectivity index is 2.02. The van der Waals surface area contributed by atoms with Gasteiger partial charge in [-0.3, -0.25) is 0 Å². The van der Waals surface area contributed by atoms with Crippen LogP contribution < -0.4 is 0 Å². The van der Waals surface area contributed by atoms with Crippen molar-refractivity contribution >= 4 is 11.8 Å². The smallest absolute Gasteiger partial charge is 0.176 e. The molecule has 0 aliphatic carbocycles. The summed E-state index contributed by atoms with van der Waals surface area (Å²) in [6.07, 6.45) is 3.57. The van der Waals surface area contributed by atoms with E-state index >= 15 is 0 Å². The van der Waals surface area contributed by atoms with Crippen molar-refractivity contribution in [2.75, 3.05) is 0 Å². The first-order valence-electron chi connectivity index (χ1n) is 4.07. The molecule has 0 amide bonds. The van der Waals surface area contributed by atoms with E-state index in [2.05, 4.69) is 18.4 Å². The quantitative estimate of drug-likeness (QED) is 0.707. The Kier molecular flexibility index (Phi) is 2.72. The Morgan fingerprint density at radius 3 is 2.77 bits per heavy atom. The Bertz CT molecular complexity index is 327. The number of thioether (sulfide) groups is 1. The van der Waals surface area contributed by atoms with E-state index in [0.717, 1.165) is 12.2 Å². The number of hydrogen-bond acceptors (Lipinski definition) is 2. The van der Waals surface area contributed by atoms with Gasteiger partial charge in [0.25, 0.3) is 0 Å². The Morgan fingerprint density at radius 1 is 1.23 bits per heavy atom. The van der Waals surface area contributed by atoms with Gasteiger partial charge in [-0.05, 0) is 5.56 Å². The second kappa shape index (κ2) is 4.19. The summed E-state index contributed by atoms with van der Waals surface area (Å²) < 4.78 is 5.22. The summed E-state index contributed by atoms with van der Waals surface area (Å²) in [7, 11) is 0. The Hall–Kier alpha value is -1.15. The van der Waals surface area contributed by atoms with E-state index in [9.17, 15) is 0 Å². The summed E-state index contributed by atoms with van der Waals surface area (Å²) in [6.45, 7) is 0. The Labute approximate surface area is 82.1 Å². The molecular weight excluding hydrogens is 180 g/mol. The molecule has 0 saturated carbocycles. The maximum Gasteiger partial charge on any atom is 0.176 e. The van der Waals surface area contributed by atoms with Gasteiger partial charge in [0.1, 0.15) is 5.76 Å². The van der Waals surface area contributed by atoms with E-state index < -0.39 is 0 Å². The summed E-state index contributed by atoms with van der Waals surface area (Å²) >= 11 is 1.60. The molecule has 1 nitrogen and oxygen atoms in total. The predicted molar refractivity (Wildman–Crippen MR) is 54.7 cm³/mol. The lowest BCUT2D eigenvalue weighted by Crippen LogP contribution is -1.93. The van der Waals surface area contributed by atoms with Crippen LogP contribution in [0.15, 0.2) is 46.9 Å². The van der Waals surface area contributed by atoms with Gasteiger partial charge in [0.05, 0.1) is 0 Å². The van der Waals surface area contributed by atoms with Crippen molar-refractivity contribution in [1.29, 1.82) is 0 Å². The van der Waals surface area contributed by atoms with Gasteiger partial charge >= 0.3 is 0 Å². The van der Waals surface area contributed by atoms with Gasteiger partial charge in [-0.15, -0.1) is 0 Å². The highest BCUT2D eigenvalue weighted by molar-refractivity contribution is 8.04. The zero-order chi connectivity index (χ0) is 8.93. The molecule has 0 atom stereocenters. The fraction of sp³-hybridized carbons (Fsp3) is 0.0909. The van der Waals surface area contributed by atoms with E-state index in [4.69, 9.17) is 4.74 Å². The van der Waals surface area contributed by atoms with Gasteiger partial charge in [0.2, 0.25) is 0 Å². The highest BCUT2D eigenvalue weighted by Crippen LogP contribution is 2.19. The third kappa shape index (κ3) is 2.39. The molecule has 1 aliphatic heterocycles. The van der Waals surface area contributed by atoms with Crippen molar-refractivity contribution < 1.29 is 4.74 Å². The largest absolute Gasteiger partial charge is 0.456 e. The van der Waals surface area contributed by atoms with E-state index in [1.54, 1.807) is 17.2 Å². The number of ether oxygens (including phenoxy) is 1. The molecule has 65 valence electrons. The van der Waals surface area contributed by atoms with Crippen LogP contribution >= 0.6 is 11.8 Å². The third-order valence-corrected chi connectivity index (χ3v) is 2.36. The van der Waals surface area contributed by atoms with Crippen molar-refractivity contribution in [3.8, 4) is 0 Å². The minimum atomic E-state index is 0.842. The molecule has 13 heavy (non-hydrogen) atoms. The topological polar surface area (TPSA) is 9.23 Å². The van der Waals surface area contributed by atoms with Gasteiger partial charge < -0.3 is 4.74 Å². The van der Waals surface area contributed by atoms with E-state index in [1.165, 1.54) is 5.56 Å². The van der Waals surface area contributed by atoms with E-state index in [0.29, 0.717) is 0 Å². The molecule has 0 fully saturated rings. The van der Waals surface area contributed by atoms with Crippen LogP contribution in [0.3, 0.4) is 0 Å². The van der Waals surface area contributed by atoms with Gasteiger partial charge in [-0.1, -0.05) is 42.1 Å². The minimum Gasteiger partial charge on any atom is -0.456 e. The lowest BCUT2D eigenvalue weighted by atomic mass is 10.1. The average Bonchev–Trinajstić information content (AvgIpc) is 2.21. The summed E-state index contributed by atoms with van der Waals surface area (Å²) in [6, 6.07) is 10.3. The molecule has 1 radical (unpaired) electrons. The molecule has 1 aromatic rings. The highest BCUT2D eigenvalue weighted by Gasteiger charge is 2.02. The van der Waals surface area contributed by atoms with Crippen molar-refractivity contribution in [2.24, 2.45) is 0 Å². The summed E-state index contributed by atoms with van der Waals surface area (Å²) in [5.74, 6) is 0.957. The minimum absolute atomic E-state index is 0.842. The van der Waals surface area contributed by atoms with Gasteiger partial charge in [0.15, 0.2) is 6.26 Å². The van der Waals surface area contributed by atoms with Crippen LogP contribution in [0.2, 0.25) is 0 Å². The highest BCUT2D eigenvalue weighted by atomic mass is 32.2. The van der Waals surface area contributed by atoms with Crippen molar-refractivity contribution in [1.82, 2.24) is 0 Å². The molecule has 1 aliphatic rings. The zero-order valence-electron chi connectivity index (χ0n) is 7.07. The van der Waals surface area contributed by atoms with Gasteiger partial charge in [-0.2, -0.15) is 0 Å². The first-order chi connectivity index (χ1) is 6.45. The van der Waals surface area contributed by atoms with E-state index in [-0.39, 0.29) is 0 Å². The number of allylic oxidation sites excluding steroid dienone is 1. The number of hydrogen-bond donors (Lipinski definition) is 0. The second-order valence-electron chi connectivity index (χ2n) is 2.72. The molecule has 0 aromatic heterocycles. The molecule has 0 unspecified atom stereocenters. The summed E-state index contributed by atoms with van der Waals surface area (Å²) in [5, 5.41) is 3.80. The molecular formula is C11H9OS. The van der Waals surface area contributed by atoms with Crippen molar-refractivity contribution in [2.45, 2.75) is 6.42 Å². The fourth-order valence-corrected chi connectivity index (χ4v) is 1.59. The number of benzene rings is 1. The average molecular weight is 189 g/mol. The summed E-state index contributed by atoms with van der Waals surface area (Å²) in [4.78, 5) is 0. The van der Waals surface area contributed by atoms with Crippen LogP contribution in [0.25, 0.3) is 0 Å². The second-order valence-corrected chi connectivity index (χ2v) is 3.46. The van der Waals surface area contributed by atoms with Crippen LogP contribution in [0.4, 0.5) is 0 Å². The first-order valence-corrected chi connectivity index (χ1v) is 5.02. The Morgan fingerprint density at radius 2 is 2.08 bits per heavy atom. The monoisotopic (exact) mass is 189 g/mol. The van der Waals surface area contributed by atoms with Crippen LogP contribution in [-0.4, -0.2) is 0 Å². The maximum atomic E-state index is 5.22. The lowest BCUT2D eigenvalue weighted by molar-refractivity contribution is 0.318. The van der Waals surface area contributed by atoms with Crippen LogP contribution in [0.5, 0.6) is 0 Å². The fourth-order valence-electron chi connectivity index (χ4n) is 1.14. The zero-order valence-corrected chi connectivity index (χ0v) is 7.88. The van der Waals surface area contributed by atoms with Gasteiger partial charge in [0, 0.05) is 17.2 Å². The SMILES string of the molecule is [C]1=CSC=C(Cc2ccccc2)O1. The van der Waals surface area contributed by atoms with Crippen molar-refractivity contribution in [3.05, 3.63) is 58.7 Å². The molecule has 1 aromatic carbocycles. The normalized spacial score (nSPS) is 14.9. The molecule has 2 heteroatoms. The number of rotatable bonds is 2. The van der Waals surface area contributed by atoms with Gasteiger partial charge in [-0.25, -0.2) is 0 Å². The molecule has 1 heterocycles. The molecule has 2 rings (SSSR count). The van der Waals surface area contributed by atoms with Crippen LogP contribution in [0.1, 0.15) is 5.56 Å². The predicted octanol–water partition coefficient (Wildman–Crippen LogP) is 3.11. The molecule has 0 bridgehead atoms. The summed E-state index contributed by atoms with van der Waals surface area (Å²) in [5.41, 5.74) is 1.26. The maximum absolute atomic E-state index is 5.22. The standard InChI is InChI=1S/C11H9OS/c1-2-4-10(5-3-1)8-11-9-13-7-6-12-11/h1-5,7,9H,8H2.